The predicted octanol–water partition coefficient (Wildman–Crippen LogP) is 0.687. The number of aliphatic hydroxyl groups is 1. The Bertz CT molecular complexity index is 869. The van der Waals surface area contributed by atoms with Gasteiger partial charge in [0.2, 0.25) is 11.7 Å². The van der Waals surface area contributed by atoms with Crippen LogP contribution in [0.3, 0.4) is 0 Å². The monoisotopic (exact) mass is 386 g/mol. The lowest BCUT2D eigenvalue weighted by atomic mass is 9.79. The Morgan fingerprint density at radius 1 is 1.18 bits per heavy atom. The second kappa shape index (κ2) is 8.22. The number of carbonyl (C=O) groups excluding carboxylic acids is 3. The molecule has 28 heavy (non-hydrogen) atoms. The molecule has 0 radical (unpaired) electrons. The molecule has 1 fully saturated rings. The molecule has 0 bridgehead atoms. The lowest BCUT2D eigenvalue weighted by molar-refractivity contribution is -0.136. The van der Waals surface area contributed by atoms with Crippen molar-refractivity contribution in [2.45, 2.75) is 38.8 Å². The lowest BCUT2D eigenvalue weighted by Crippen LogP contribution is -2.53. The highest BCUT2D eigenvalue weighted by atomic mass is 16.5. The van der Waals surface area contributed by atoms with Gasteiger partial charge in [-0.15, -0.1) is 0 Å². The molecule has 0 aliphatic heterocycles. The van der Waals surface area contributed by atoms with Crippen LogP contribution < -0.4 is 16.2 Å². The van der Waals surface area contributed by atoms with E-state index in [9.17, 15) is 14.4 Å². The summed E-state index contributed by atoms with van der Waals surface area (Å²) in [6, 6.07) is 9.12. The molecule has 4 N–H and O–H groups in total. The van der Waals surface area contributed by atoms with Crippen LogP contribution in [0.2, 0.25) is 0 Å². The quantitative estimate of drug-likeness (QED) is 0.559. The largest absolute Gasteiger partial charge is 0.383 e. The maximum Gasteiger partial charge on any atom is 0.290 e. The van der Waals surface area contributed by atoms with Crippen molar-refractivity contribution in [1.82, 2.24) is 21.3 Å². The Hall–Kier alpha value is -3.20. The fourth-order valence-electron chi connectivity index (χ4n) is 2.78. The maximum absolute atomic E-state index is 12.3. The number of rotatable bonds is 5. The Morgan fingerprint density at radius 2 is 1.86 bits per heavy atom. The molecular weight excluding hydrogens is 364 g/mol. The number of aryl methyl sites for hydroxylation is 1. The first-order chi connectivity index (χ1) is 13.3. The van der Waals surface area contributed by atoms with E-state index >= 15 is 0 Å². The van der Waals surface area contributed by atoms with Crippen molar-refractivity contribution < 1.29 is 24.0 Å². The average Bonchev–Trinajstić information content (AvgIpc) is 3.12. The molecule has 1 aliphatic carbocycles. The third kappa shape index (κ3) is 4.55. The van der Waals surface area contributed by atoms with Crippen LogP contribution in [0.5, 0.6) is 0 Å². The summed E-state index contributed by atoms with van der Waals surface area (Å²) in [5, 5.41) is 15.8. The minimum Gasteiger partial charge on any atom is -0.383 e. The van der Waals surface area contributed by atoms with Gasteiger partial charge in [-0.05, 0) is 26.7 Å². The zero-order valence-electron chi connectivity index (χ0n) is 15.6. The molecule has 2 aromatic rings. The molecule has 1 aromatic carbocycles. The van der Waals surface area contributed by atoms with E-state index in [0.29, 0.717) is 18.5 Å². The van der Waals surface area contributed by atoms with E-state index in [1.807, 2.05) is 31.2 Å². The van der Waals surface area contributed by atoms with Crippen LogP contribution in [0.4, 0.5) is 0 Å². The van der Waals surface area contributed by atoms with Gasteiger partial charge in [-0.1, -0.05) is 35.0 Å². The summed E-state index contributed by atoms with van der Waals surface area (Å²) in [4.78, 5) is 35.4. The Kier molecular flexibility index (Phi) is 5.74. The number of nitrogens with one attached hydrogen (secondary N) is 3. The van der Waals surface area contributed by atoms with Gasteiger partial charge in [0.05, 0.1) is 0 Å². The van der Waals surface area contributed by atoms with E-state index in [-0.39, 0.29) is 23.6 Å². The molecule has 1 heterocycles. The second-order valence-corrected chi connectivity index (χ2v) is 6.94. The molecule has 1 atom stereocenters. The molecule has 3 amide bonds. The van der Waals surface area contributed by atoms with Gasteiger partial charge in [-0.3, -0.25) is 25.2 Å². The highest BCUT2D eigenvalue weighted by Gasteiger charge is 2.36. The summed E-state index contributed by atoms with van der Waals surface area (Å²) >= 11 is 0. The Morgan fingerprint density at radius 3 is 2.50 bits per heavy atom. The molecule has 9 nitrogen and oxygen atoms in total. The van der Waals surface area contributed by atoms with Gasteiger partial charge in [0.15, 0.2) is 0 Å². The SMILES string of the molecule is Cc1ccc(-c2cc(C(=O)NC3CC(C(=O)NNC(=O)[C@@H](C)O)C3)on2)cc1. The number of aliphatic hydroxyl groups excluding tert-OH is 1. The normalized spacial score (nSPS) is 19.2. The molecule has 1 aromatic heterocycles. The fourth-order valence-corrected chi connectivity index (χ4v) is 2.78. The first-order valence-corrected chi connectivity index (χ1v) is 8.96. The van der Waals surface area contributed by atoms with Gasteiger partial charge in [-0.2, -0.15) is 0 Å². The topological polar surface area (TPSA) is 134 Å². The van der Waals surface area contributed by atoms with Crippen molar-refractivity contribution in [3.05, 3.63) is 41.7 Å². The number of aromatic nitrogens is 1. The molecule has 0 saturated heterocycles. The lowest BCUT2D eigenvalue weighted by Gasteiger charge is -2.34. The highest BCUT2D eigenvalue weighted by molar-refractivity contribution is 5.93. The van der Waals surface area contributed by atoms with Crippen molar-refractivity contribution in [2.24, 2.45) is 5.92 Å². The fraction of sp³-hybridized carbons (Fsp3) is 0.368. The minimum atomic E-state index is -1.21. The first kappa shape index (κ1) is 19.6. The molecule has 1 saturated carbocycles. The van der Waals surface area contributed by atoms with Crippen molar-refractivity contribution in [3.8, 4) is 11.3 Å². The van der Waals surface area contributed by atoms with Crippen LogP contribution in [0.15, 0.2) is 34.9 Å². The van der Waals surface area contributed by atoms with Crippen LogP contribution in [-0.2, 0) is 9.59 Å². The summed E-state index contributed by atoms with van der Waals surface area (Å²) < 4.78 is 5.13. The number of benzene rings is 1. The zero-order chi connectivity index (χ0) is 20.3. The highest BCUT2D eigenvalue weighted by Crippen LogP contribution is 2.28. The van der Waals surface area contributed by atoms with Crippen molar-refractivity contribution in [1.29, 1.82) is 0 Å². The van der Waals surface area contributed by atoms with Crippen molar-refractivity contribution in [3.63, 3.8) is 0 Å². The van der Waals surface area contributed by atoms with E-state index < -0.39 is 17.9 Å². The van der Waals surface area contributed by atoms with E-state index in [1.165, 1.54) is 6.92 Å². The molecule has 0 spiro atoms. The van der Waals surface area contributed by atoms with Crippen LogP contribution in [0, 0.1) is 12.8 Å². The summed E-state index contributed by atoms with van der Waals surface area (Å²) in [5.74, 6) is -1.66. The van der Waals surface area contributed by atoms with Crippen LogP contribution in [0.1, 0.15) is 35.9 Å². The molecule has 9 heteroatoms. The third-order valence-electron chi connectivity index (χ3n) is 4.61. The average molecular weight is 386 g/mol. The number of hydrogen-bond donors (Lipinski definition) is 4. The number of nitrogens with zero attached hydrogens (tertiary/aromatic N) is 1. The van der Waals surface area contributed by atoms with E-state index in [1.54, 1.807) is 6.07 Å². The van der Waals surface area contributed by atoms with Gasteiger partial charge in [-0.25, -0.2) is 0 Å². The number of amides is 3. The number of hydrazine groups is 1. The van der Waals surface area contributed by atoms with Gasteiger partial charge in [0, 0.05) is 23.6 Å². The zero-order valence-corrected chi connectivity index (χ0v) is 15.6. The summed E-state index contributed by atoms with van der Waals surface area (Å²) in [6.45, 7) is 3.28. The Balaban J connectivity index is 1.46. The van der Waals surface area contributed by atoms with Crippen LogP contribution in [0.25, 0.3) is 11.3 Å². The van der Waals surface area contributed by atoms with E-state index in [2.05, 4.69) is 21.3 Å². The molecule has 1 aliphatic rings. The molecule has 148 valence electrons. The first-order valence-electron chi connectivity index (χ1n) is 8.96. The van der Waals surface area contributed by atoms with Crippen molar-refractivity contribution >= 4 is 17.7 Å². The summed E-state index contributed by atoms with van der Waals surface area (Å²) in [5.41, 5.74) is 6.94. The minimum absolute atomic E-state index is 0.104. The number of hydrogen-bond acceptors (Lipinski definition) is 6. The van der Waals surface area contributed by atoms with Crippen LogP contribution >= 0.6 is 0 Å². The van der Waals surface area contributed by atoms with Crippen molar-refractivity contribution in [2.75, 3.05) is 0 Å². The van der Waals surface area contributed by atoms with Crippen LogP contribution in [-0.4, -0.2) is 40.1 Å². The van der Waals surface area contributed by atoms with E-state index in [0.717, 1.165) is 11.1 Å². The Labute approximate surface area is 161 Å². The smallest absolute Gasteiger partial charge is 0.290 e. The predicted molar refractivity (Wildman–Crippen MR) is 98.6 cm³/mol. The van der Waals surface area contributed by atoms with Gasteiger partial charge in [0.25, 0.3) is 11.8 Å². The van der Waals surface area contributed by atoms with Gasteiger partial charge >= 0.3 is 0 Å². The second-order valence-electron chi connectivity index (χ2n) is 6.94. The summed E-state index contributed by atoms with van der Waals surface area (Å²) in [7, 11) is 0. The number of carbonyl (C=O) groups is 3. The molecular formula is C19H22N4O5. The summed E-state index contributed by atoms with van der Waals surface area (Å²) in [6.07, 6.45) is -0.317. The molecule has 3 rings (SSSR count). The van der Waals surface area contributed by atoms with Gasteiger partial charge in [0.1, 0.15) is 11.8 Å². The van der Waals surface area contributed by atoms with E-state index in [4.69, 9.17) is 9.63 Å². The molecule has 0 unspecified atom stereocenters. The maximum atomic E-state index is 12.3. The standard InChI is InChI=1S/C19H22N4O5/c1-10-3-5-12(6-4-10)15-9-16(28-23-15)19(27)20-14-7-13(8-14)18(26)22-21-17(25)11(2)24/h3-6,9,11,13-14,24H,7-8H2,1-2H3,(H,20,27)(H,21,25)(H,22,26)/t11-,13?,14?/m1/s1. The van der Waals surface area contributed by atoms with Gasteiger partial charge < -0.3 is 14.9 Å². The third-order valence-corrected chi connectivity index (χ3v) is 4.61.